The Morgan fingerprint density at radius 1 is 1.04 bits per heavy atom. The minimum Gasteiger partial charge on any atom is -0.378 e. The maximum absolute atomic E-state index is 5.41. The molecule has 0 amide bonds. The Hall–Kier alpha value is -2.28. The number of ether oxygens (including phenoxy) is 1. The third kappa shape index (κ3) is 3.77. The van der Waals surface area contributed by atoms with Crippen molar-refractivity contribution in [2.24, 2.45) is 0 Å². The van der Waals surface area contributed by atoms with Gasteiger partial charge in [-0.2, -0.15) is 4.98 Å². The highest BCUT2D eigenvalue weighted by atomic mass is 16.5. The number of rotatable bonds is 4. The van der Waals surface area contributed by atoms with Crippen LogP contribution < -0.4 is 10.2 Å². The van der Waals surface area contributed by atoms with Gasteiger partial charge in [-0.05, 0) is 45.1 Å². The van der Waals surface area contributed by atoms with Crippen LogP contribution in [0.2, 0.25) is 0 Å². The molecule has 1 aliphatic heterocycles. The minimum atomic E-state index is 0.577. The van der Waals surface area contributed by atoms with Gasteiger partial charge < -0.3 is 15.0 Å². The Balaban J connectivity index is 1.49. The fourth-order valence-corrected chi connectivity index (χ4v) is 3.64. The van der Waals surface area contributed by atoms with Gasteiger partial charge in [0.1, 0.15) is 11.6 Å². The van der Waals surface area contributed by atoms with E-state index >= 15 is 0 Å². The van der Waals surface area contributed by atoms with Gasteiger partial charge in [0.05, 0.1) is 19.8 Å². The number of aromatic nitrogens is 4. The minimum absolute atomic E-state index is 0.577. The second kappa shape index (κ2) is 7.53. The number of aryl methyl sites for hydroxylation is 3. The van der Waals surface area contributed by atoms with Gasteiger partial charge in [0.2, 0.25) is 5.95 Å². The molecule has 138 valence electrons. The average molecular weight is 354 g/mol. The van der Waals surface area contributed by atoms with Crippen molar-refractivity contribution in [2.45, 2.75) is 46.1 Å². The zero-order valence-corrected chi connectivity index (χ0v) is 15.6. The molecule has 2 aromatic rings. The van der Waals surface area contributed by atoms with Gasteiger partial charge in [-0.15, -0.1) is 0 Å². The lowest BCUT2D eigenvalue weighted by Crippen LogP contribution is -2.37. The van der Waals surface area contributed by atoms with E-state index in [-0.39, 0.29) is 0 Å². The molecule has 2 aliphatic rings. The predicted octanol–water partition coefficient (Wildman–Crippen LogP) is 2.21. The zero-order valence-electron chi connectivity index (χ0n) is 15.6. The lowest BCUT2D eigenvalue weighted by molar-refractivity contribution is 0.122. The molecule has 0 aromatic carbocycles. The summed E-state index contributed by atoms with van der Waals surface area (Å²) in [5.74, 6) is 2.42. The van der Waals surface area contributed by atoms with Crippen molar-refractivity contribution in [3.63, 3.8) is 0 Å². The van der Waals surface area contributed by atoms with Crippen LogP contribution >= 0.6 is 0 Å². The quantitative estimate of drug-likeness (QED) is 0.902. The first-order valence-corrected chi connectivity index (χ1v) is 9.46. The Labute approximate surface area is 154 Å². The predicted molar refractivity (Wildman–Crippen MR) is 101 cm³/mol. The van der Waals surface area contributed by atoms with Gasteiger partial charge in [0.25, 0.3) is 0 Å². The van der Waals surface area contributed by atoms with E-state index in [1.54, 1.807) is 0 Å². The summed E-state index contributed by atoms with van der Waals surface area (Å²) in [6, 6.07) is 1.97. The zero-order chi connectivity index (χ0) is 17.9. The molecule has 3 heterocycles. The van der Waals surface area contributed by atoms with Crippen LogP contribution in [0.1, 0.15) is 41.3 Å². The van der Waals surface area contributed by atoms with Crippen molar-refractivity contribution >= 4 is 11.8 Å². The normalized spacial score (nSPS) is 17.1. The smallest absolute Gasteiger partial charge is 0.227 e. The largest absolute Gasteiger partial charge is 0.378 e. The molecule has 0 atom stereocenters. The molecule has 7 nitrogen and oxygen atoms in total. The third-order valence-electron chi connectivity index (χ3n) is 5.00. The van der Waals surface area contributed by atoms with Gasteiger partial charge in [-0.25, -0.2) is 15.0 Å². The summed E-state index contributed by atoms with van der Waals surface area (Å²) in [4.78, 5) is 20.9. The Morgan fingerprint density at radius 3 is 2.69 bits per heavy atom. The van der Waals surface area contributed by atoms with Crippen molar-refractivity contribution in [3.05, 3.63) is 34.5 Å². The topological polar surface area (TPSA) is 76.1 Å². The first-order chi connectivity index (χ1) is 12.7. The molecule has 1 saturated heterocycles. The number of nitrogens with one attached hydrogen (secondary N) is 1. The van der Waals surface area contributed by atoms with Gasteiger partial charge in [-0.3, -0.25) is 0 Å². The van der Waals surface area contributed by atoms with E-state index in [1.165, 1.54) is 24.1 Å². The summed E-state index contributed by atoms with van der Waals surface area (Å²) >= 11 is 0. The highest BCUT2D eigenvalue weighted by Crippen LogP contribution is 2.22. The van der Waals surface area contributed by atoms with Crippen molar-refractivity contribution in [3.8, 4) is 0 Å². The van der Waals surface area contributed by atoms with E-state index < -0.39 is 0 Å². The molecular weight excluding hydrogens is 328 g/mol. The van der Waals surface area contributed by atoms with Crippen LogP contribution in [0.25, 0.3) is 0 Å². The van der Waals surface area contributed by atoms with E-state index in [1.807, 2.05) is 13.0 Å². The number of hydrogen-bond donors (Lipinski definition) is 1. The van der Waals surface area contributed by atoms with Crippen LogP contribution in [-0.2, 0) is 24.1 Å². The summed E-state index contributed by atoms with van der Waals surface area (Å²) in [5.41, 5.74) is 4.66. The Kier molecular flexibility index (Phi) is 4.97. The fraction of sp³-hybridized carbons (Fsp3) is 0.579. The molecule has 1 fully saturated rings. The second-order valence-corrected chi connectivity index (χ2v) is 7.01. The van der Waals surface area contributed by atoms with E-state index in [0.29, 0.717) is 6.54 Å². The molecule has 0 spiro atoms. The van der Waals surface area contributed by atoms with Crippen LogP contribution in [0, 0.1) is 13.8 Å². The molecule has 0 bridgehead atoms. The molecule has 0 saturated carbocycles. The maximum atomic E-state index is 5.41. The molecule has 26 heavy (non-hydrogen) atoms. The standard InChI is InChI=1S/C19H26N6O/c1-13-11-17(24-19(21-13)25-7-9-26-10-8-25)20-12-18-22-14(2)15-5-3-4-6-16(15)23-18/h11H,3-10,12H2,1-2H3,(H,20,21,24). The molecule has 2 aromatic heterocycles. The fourth-order valence-electron chi connectivity index (χ4n) is 3.64. The Bertz CT molecular complexity index is 788. The first-order valence-electron chi connectivity index (χ1n) is 9.46. The Morgan fingerprint density at radius 2 is 1.85 bits per heavy atom. The van der Waals surface area contributed by atoms with Crippen molar-refractivity contribution in [2.75, 3.05) is 36.5 Å². The van der Waals surface area contributed by atoms with Gasteiger partial charge in [0, 0.05) is 36.2 Å². The first kappa shape index (κ1) is 17.1. The summed E-state index contributed by atoms with van der Waals surface area (Å²) in [6.45, 7) is 7.78. The van der Waals surface area contributed by atoms with Crippen molar-refractivity contribution in [1.82, 2.24) is 19.9 Å². The highest BCUT2D eigenvalue weighted by molar-refractivity contribution is 5.44. The van der Waals surface area contributed by atoms with E-state index in [2.05, 4.69) is 27.1 Å². The number of morpholine rings is 1. The number of fused-ring (bicyclic) bond motifs is 1. The van der Waals surface area contributed by atoms with Crippen molar-refractivity contribution in [1.29, 1.82) is 0 Å². The molecule has 4 rings (SSSR count). The van der Waals surface area contributed by atoms with Gasteiger partial charge >= 0.3 is 0 Å². The van der Waals surface area contributed by atoms with Gasteiger partial charge in [0.15, 0.2) is 0 Å². The van der Waals surface area contributed by atoms with E-state index in [0.717, 1.165) is 68.1 Å². The molecular formula is C19H26N6O. The van der Waals surface area contributed by atoms with E-state index in [9.17, 15) is 0 Å². The average Bonchev–Trinajstić information content (AvgIpc) is 2.67. The van der Waals surface area contributed by atoms with Crippen LogP contribution in [-0.4, -0.2) is 46.2 Å². The molecule has 0 radical (unpaired) electrons. The summed E-state index contributed by atoms with van der Waals surface area (Å²) in [6.07, 6.45) is 4.66. The lowest BCUT2D eigenvalue weighted by Gasteiger charge is -2.27. The summed E-state index contributed by atoms with van der Waals surface area (Å²) in [7, 11) is 0. The summed E-state index contributed by atoms with van der Waals surface area (Å²) in [5, 5.41) is 3.38. The summed E-state index contributed by atoms with van der Waals surface area (Å²) < 4.78 is 5.41. The molecule has 1 N–H and O–H groups in total. The maximum Gasteiger partial charge on any atom is 0.227 e. The molecule has 0 unspecified atom stereocenters. The molecule has 7 heteroatoms. The number of anilines is 2. The monoisotopic (exact) mass is 354 g/mol. The SMILES string of the molecule is Cc1cc(NCc2nc(C)c3c(n2)CCCC3)nc(N2CCOCC2)n1. The lowest BCUT2D eigenvalue weighted by atomic mass is 9.95. The van der Waals surface area contributed by atoms with Crippen LogP contribution in [0.15, 0.2) is 6.07 Å². The number of hydrogen-bond acceptors (Lipinski definition) is 7. The van der Waals surface area contributed by atoms with Crippen LogP contribution in [0.3, 0.4) is 0 Å². The number of nitrogens with zero attached hydrogens (tertiary/aromatic N) is 5. The third-order valence-corrected chi connectivity index (χ3v) is 5.00. The van der Waals surface area contributed by atoms with Crippen LogP contribution in [0.4, 0.5) is 11.8 Å². The molecule has 1 aliphatic carbocycles. The van der Waals surface area contributed by atoms with Crippen LogP contribution in [0.5, 0.6) is 0 Å². The second-order valence-electron chi connectivity index (χ2n) is 7.01. The van der Waals surface area contributed by atoms with E-state index in [4.69, 9.17) is 14.7 Å². The highest BCUT2D eigenvalue weighted by Gasteiger charge is 2.17. The van der Waals surface area contributed by atoms with Crippen molar-refractivity contribution < 1.29 is 4.74 Å². The van der Waals surface area contributed by atoms with Gasteiger partial charge in [-0.1, -0.05) is 0 Å².